The lowest BCUT2D eigenvalue weighted by molar-refractivity contribution is -0.116. The molecule has 0 bridgehead atoms. The Bertz CT molecular complexity index is 910. The number of rotatable bonds is 4. The van der Waals surface area contributed by atoms with Crippen molar-refractivity contribution in [2.24, 2.45) is 0 Å². The van der Waals surface area contributed by atoms with Gasteiger partial charge in [-0.25, -0.2) is 15.0 Å². The molecule has 7 nitrogen and oxygen atoms in total. The molecule has 0 unspecified atom stereocenters. The Labute approximate surface area is 142 Å². The molecule has 2 aromatic heterocycles. The highest BCUT2D eigenvalue weighted by molar-refractivity contribution is 6.30. The minimum atomic E-state index is -0.413. The molecule has 3 aromatic rings. The summed E-state index contributed by atoms with van der Waals surface area (Å²) in [6, 6.07) is 9.99. The van der Waals surface area contributed by atoms with Gasteiger partial charge in [0, 0.05) is 29.0 Å². The van der Waals surface area contributed by atoms with Crippen molar-refractivity contribution in [3.8, 4) is 11.3 Å². The van der Waals surface area contributed by atoms with E-state index in [-0.39, 0.29) is 18.1 Å². The van der Waals surface area contributed by atoms with Crippen LogP contribution in [0.1, 0.15) is 0 Å². The van der Waals surface area contributed by atoms with Gasteiger partial charge in [0.25, 0.3) is 5.56 Å². The first kappa shape index (κ1) is 15.8. The van der Waals surface area contributed by atoms with E-state index in [2.05, 4.69) is 20.3 Å². The fourth-order valence-electron chi connectivity index (χ4n) is 2.01. The summed E-state index contributed by atoms with van der Waals surface area (Å²) in [5, 5.41) is 3.11. The highest BCUT2D eigenvalue weighted by Crippen LogP contribution is 2.17. The first-order chi connectivity index (χ1) is 11.6. The largest absolute Gasteiger partial charge is 0.293 e. The van der Waals surface area contributed by atoms with Crippen molar-refractivity contribution < 1.29 is 4.79 Å². The zero-order valence-electron chi connectivity index (χ0n) is 12.4. The van der Waals surface area contributed by atoms with E-state index in [9.17, 15) is 9.59 Å². The van der Waals surface area contributed by atoms with Crippen LogP contribution in [-0.2, 0) is 11.3 Å². The Balaban J connectivity index is 1.74. The normalized spacial score (nSPS) is 10.4. The molecule has 0 atom stereocenters. The van der Waals surface area contributed by atoms with Gasteiger partial charge in [-0.3, -0.25) is 19.5 Å². The summed E-state index contributed by atoms with van der Waals surface area (Å²) in [6.07, 6.45) is 4.35. The SMILES string of the molecule is O=C(Cn1cnc(-c2ccc(Cl)cc2)cc1=O)Nc1ncccn1. The molecule has 1 N–H and O–H groups in total. The molecule has 3 rings (SSSR count). The van der Waals surface area contributed by atoms with Crippen molar-refractivity contribution >= 4 is 23.5 Å². The van der Waals surface area contributed by atoms with E-state index < -0.39 is 5.91 Å². The molecule has 0 fully saturated rings. The molecule has 0 radical (unpaired) electrons. The van der Waals surface area contributed by atoms with Gasteiger partial charge < -0.3 is 0 Å². The molecule has 120 valence electrons. The van der Waals surface area contributed by atoms with E-state index in [0.29, 0.717) is 10.7 Å². The summed E-state index contributed by atoms with van der Waals surface area (Å²) in [4.78, 5) is 36.1. The van der Waals surface area contributed by atoms with E-state index in [0.717, 1.165) is 5.56 Å². The van der Waals surface area contributed by atoms with E-state index in [4.69, 9.17) is 11.6 Å². The number of benzene rings is 1. The fraction of sp³-hybridized carbons (Fsp3) is 0.0625. The summed E-state index contributed by atoms with van der Waals surface area (Å²) < 4.78 is 1.21. The molecular weight excluding hydrogens is 330 g/mol. The molecule has 1 aromatic carbocycles. The van der Waals surface area contributed by atoms with Crippen LogP contribution in [0.15, 0.2) is 59.9 Å². The van der Waals surface area contributed by atoms with E-state index in [1.54, 1.807) is 30.3 Å². The second-order valence-electron chi connectivity index (χ2n) is 4.87. The number of amides is 1. The number of aromatic nitrogens is 4. The zero-order chi connectivity index (χ0) is 16.9. The van der Waals surface area contributed by atoms with Gasteiger partial charge in [0.15, 0.2) is 0 Å². The van der Waals surface area contributed by atoms with Crippen LogP contribution in [0.4, 0.5) is 5.95 Å². The highest BCUT2D eigenvalue weighted by Gasteiger charge is 2.08. The molecule has 0 aliphatic carbocycles. The lowest BCUT2D eigenvalue weighted by Gasteiger charge is -2.07. The van der Waals surface area contributed by atoms with Gasteiger partial charge in [-0.15, -0.1) is 0 Å². The topological polar surface area (TPSA) is 89.8 Å². The molecule has 24 heavy (non-hydrogen) atoms. The van der Waals surface area contributed by atoms with Gasteiger partial charge in [-0.1, -0.05) is 23.7 Å². The summed E-state index contributed by atoms with van der Waals surface area (Å²) in [6.45, 7) is -0.176. The smallest absolute Gasteiger partial charge is 0.254 e. The second-order valence-corrected chi connectivity index (χ2v) is 5.30. The van der Waals surface area contributed by atoms with Crippen LogP contribution in [0.25, 0.3) is 11.3 Å². The molecule has 0 aliphatic rings. The van der Waals surface area contributed by atoms with Gasteiger partial charge in [0.05, 0.1) is 12.0 Å². The standard InChI is InChI=1S/C16H12ClN5O2/c17-12-4-2-11(3-5-12)13-8-15(24)22(10-20-13)9-14(23)21-16-18-6-1-7-19-16/h1-8,10H,9H2,(H,18,19,21,23). The summed E-state index contributed by atoms with van der Waals surface area (Å²) >= 11 is 5.84. The summed E-state index contributed by atoms with van der Waals surface area (Å²) in [7, 11) is 0. The molecule has 1 amide bonds. The molecule has 0 aliphatic heterocycles. The molecular formula is C16H12ClN5O2. The van der Waals surface area contributed by atoms with Crippen LogP contribution >= 0.6 is 11.6 Å². The summed E-state index contributed by atoms with van der Waals surface area (Å²) in [5.74, 6) is -0.231. The number of hydrogen-bond acceptors (Lipinski definition) is 5. The maximum atomic E-state index is 12.2. The van der Waals surface area contributed by atoms with E-state index in [1.165, 1.54) is 29.4 Å². The Hall–Kier alpha value is -3.06. The Morgan fingerprint density at radius 2 is 1.83 bits per heavy atom. The van der Waals surface area contributed by atoms with Crippen molar-refractivity contribution in [3.05, 3.63) is 70.5 Å². The predicted octanol–water partition coefficient (Wildman–Crippen LogP) is 1.99. The maximum absolute atomic E-state index is 12.2. The number of nitrogens with one attached hydrogen (secondary N) is 1. The average molecular weight is 342 g/mol. The second kappa shape index (κ2) is 7.01. The molecule has 0 spiro atoms. The minimum Gasteiger partial charge on any atom is -0.293 e. The Morgan fingerprint density at radius 1 is 1.12 bits per heavy atom. The van der Waals surface area contributed by atoms with Crippen LogP contribution in [-0.4, -0.2) is 25.4 Å². The molecule has 0 saturated heterocycles. The third-order valence-corrected chi connectivity index (χ3v) is 3.40. The fourth-order valence-corrected chi connectivity index (χ4v) is 2.13. The maximum Gasteiger partial charge on any atom is 0.254 e. The monoisotopic (exact) mass is 341 g/mol. The number of hydrogen-bond donors (Lipinski definition) is 1. The van der Waals surface area contributed by atoms with Crippen molar-refractivity contribution in [3.63, 3.8) is 0 Å². The quantitative estimate of drug-likeness (QED) is 0.783. The lowest BCUT2D eigenvalue weighted by Crippen LogP contribution is -2.28. The number of anilines is 1. The van der Waals surface area contributed by atoms with Gasteiger partial charge in [-0.05, 0) is 18.2 Å². The van der Waals surface area contributed by atoms with Crippen molar-refractivity contribution in [2.45, 2.75) is 6.54 Å². The van der Waals surface area contributed by atoms with Gasteiger partial charge in [0.2, 0.25) is 11.9 Å². The van der Waals surface area contributed by atoms with E-state index >= 15 is 0 Å². The van der Waals surface area contributed by atoms with E-state index in [1.807, 2.05) is 0 Å². The minimum absolute atomic E-state index is 0.176. The Kier molecular flexibility index (Phi) is 4.62. The van der Waals surface area contributed by atoms with Crippen molar-refractivity contribution in [1.82, 2.24) is 19.5 Å². The van der Waals surface area contributed by atoms with Gasteiger partial charge in [0.1, 0.15) is 6.54 Å². The number of carbonyl (C=O) groups excluding carboxylic acids is 1. The van der Waals surface area contributed by atoms with Crippen LogP contribution < -0.4 is 10.9 Å². The van der Waals surface area contributed by atoms with Crippen molar-refractivity contribution in [1.29, 1.82) is 0 Å². The first-order valence-electron chi connectivity index (χ1n) is 7.01. The highest BCUT2D eigenvalue weighted by atomic mass is 35.5. The third kappa shape index (κ3) is 3.82. The third-order valence-electron chi connectivity index (χ3n) is 3.15. The van der Waals surface area contributed by atoms with Gasteiger partial charge >= 0.3 is 0 Å². The average Bonchev–Trinajstić information content (AvgIpc) is 2.58. The Morgan fingerprint density at radius 3 is 2.50 bits per heavy atom. The first-order valence-corrected chi connectivity index (χ1v) is 7.39. The lowest BCUT2D eigenvalue weighted by atomic mass is 10.1. The van der Waals surface area contributed by atoms with Crippen LogP contribution in [0.5, 0.6) is 0 Å². The molecule has 8 heteroatoms. The predicted molar refractivity (Wildman–Crippen MR) is 89.6 cm³/mol. The van der Waals surface area contributed by atoms with Crippen LogP contribution in [0, 0.1) is 0 Å². The molecule has 2 heterocycles. The van der Waals surface area contributed by atoms with Crippen molar-refractivity contribution in [2.75, 3.05) is 5.32 Å². The van der Waals surface area contributed by atoms with Crippen LogP contribution in [0.2, 0.25) is 5.02 Å². The number of nitrogens with zero attached hydrogens (tertiary/aromatic N) is 4. The molecule has 0 saturated carbocycles. The zero-order valence-corrected chi connectivity index (χ0v) is 13.1. The number of halogens is 1. The number of carbonyl (C=O) groups is 1. The summed E-state index contributed by atoms with van der Waals surface area (Å²) in [5.41, 5.74) is 0.949. The van der Waals surface area contributed by atoms with Crippen LogP contribution in [0.3, 0.4) is 0 Å². The van der Waals surface area contributed by atoms with Gasteiger partial charge in [-0.2, -0.15) is 0 Å².